The van der Waals surface area contributed by atoms with E-state index >= 15 is 0 Å². The lowest BCUT2D eigenvalue weighted by atomic mass is 10.2. The average molecular weight is 343 g/mol. The largest absolute Gasteiger partial charge is 0.496 e. The van der Waals surface area contributed by atoms with Crippen LogP contribution in [0.4, 0.5) is 5.69 Å². The van der Waals surface area contributed by atoms with E-state index in [0.29, 0.717) is 23.1 Å². The molecule has 0 heterocycles. The summed E-state index contributed by atoms with van der Waals surface area (Å²) in [6, 6.07) is 10.9. The van der Waals surface area contributed by atoms with Gasteiger partial charge in [0.25, 0.3) is 0 Å². The Morgan fingerprint density at radius 3 is 2.63 bits per heavy atom. The molecule has 5 heteroatoms. The Balaban J connectivity index is 2.10. The van der Waals surface area contributed by atoms with Crippen molar-refractivity contribution in [3.8, 4) is 11.5 Å². The van der Waals surface area contributed by atoms with Gasteiger partial charge in [-0.25, -0.2) is 0 Å². The molecule has 100 valence electrons. The fourth-order valence-corrected chi connectivity index (χ4v) is 2.34. The maximum absolute atomic E-state index is 5.90. The van der Waals surface area contributed by atoms with E-state index in [0.717, 1.165) is 15.8 Å². The van der Waals surface area contributed by atoms with Crippen LogP contribution in [0.25, 0.3) is 0 Å². The minimum atomic E-state index is 0.410. The van der Waals surface area contributed by atoms with Gasteiger partial charge >= 0.3 is 0 Å². The third-order valence-corrected chi connectivity index (χ3v) is 3.44. The van der Waals surface area contributed by atoms with Crippen LogP contribution in [0, 0.1) is 0 Å². The van der Waals surface area contributed by atoms with Crippen molar-refractivity contribution in [2.24, 2.45) is 0 Å². The average Bonchev–Trinajstić information content (AvgIpc) is 2.40. The summed E-state index contributed by atoms with van der Waals surface area (Å²) in [5, 5.41) is 0.597. The van der Waals surface area contributed by atoms with Gasteiger partial charge in [0.2, 0.25) is 0 Å². The first-order chi connectivity index (χ1) is 9.10. The Morgan fingerprint density at radius 1 is 1.16 bits per heavy atom. The molecule has 0 saturated carbocycles. The number of benzene rings is 2. The molecular weight excluding hydrogens is 330 g/mol. The second-order valence-corrected chi connectivity index (χ2v) is 5.23. The molecule has 0 spiro atoms. The normalized spacial score (nSPS) is 10.3. The van der Waals surface area contributed by atoms with Crippen LogP contribution in [0.1, 0.15) is 5.56 Å². The highest BCUT2D eigenvalue weighted by Crippen LogP contribution is 2.28. The first kappa shape index (κ1) is 14.0. The van der Waals surface area contributed by atoms with Crippen molar-refractivity contribution < 1.29 is 9.47 Å². The van der Waals surface area contributed by atoms with E-state index in [-0.39, 0.29) is 0 Å². The fraction of sp³-hybridized carbons (Fsp3) is 0.143. The van der Waals surface area contributed by atoms with Gasteiger partial charge in [-0.3, -0.25) is 0 Å². The van der Waals surface area contributed by atoms with Crippen LogP contribution in [0.15, 0.2) is 40.9 Å². The van der Waals surface area contributed by atoms with Crippen molar-refractivity contribution in [1.82, 2.24) is 0 Å². The summed E-state index contributed by atoms with van der Waals surface area (Å²) in [5.41, 5.74) is 7.39. The lowest BCUT2D eigenvalue weighted by Crippen LogP contribution is -1.99. The number of rotatable bonds is 4. The summed E-state index contributed by atoms with van der Waals surface area (Å²) < 4.78 is 11.7. The Bertz CT molecular complexity index is 590. The SMILES string of the molecule is COc1ccc(COc2cc(Cl)ccc2N)cc1Br. The molecular formula is C14H13BrClNO2. The molecule has 0 aliphatic rings. The van der Waals surface area contributed by atoms with Crippen LogP contribution in [0.2, 0.25) is 5.02 Å². The predicted molar refractivity (Wildman–Crippen MR) is 80.9 cm³/mol. The van der Waals surface area contributed by atoms with E-state index in [1.54, 1.807) is 25.3 Å². The van der Waals surface area contributed by atoms with Crippen molar-refractivity contribution in [3.63, 3.8) is 0 Å². The quantitative estimate of drug-likeness (QED) is 0.844. The second-order valence-electron chi connectivity index (χ2n) is 3.94. The highest BCUT2D eigenvalue weighted by Gasteiger charge is 2.04. The van der Waals surface area contributed by atoms with E-state index in [2.05, 4.69) is 15.9 Å². The molecule has 0 radical (unpaired) electrons. The molecule has 0 aliphatic carbocycles. The summed E-state index contributed by atoms with van der Waals surface area (Å²) >= 11 is 9.34. The lowest BCUT2D eigenvalue weighted by Gasteiger charge is -2.10. The monoisotopic (exact) mass is 341 g/mol. The van der Waals surface area contributed by atoms with Gasteiger partial charge in [0.1, 0.15) is 18.1 Å². The smallest absolute Gasteiger partial charge is 0.144 e. The Hall–Kier alpha value is -1.39. The molecule has 0 atom stereocenters. The second kappa shape index (κ2) is 6.17. The fourth-order valence-electron chi connectivity index (χ4n) is 1.59. The standard InChI is InChI=1S/C14H13BrClNO2/c1-18-13-5-2-9(6-11(13)15)8-19-14-7-10(16)3-4-12(14)17/h2-7H,8,17H2,1H3. The van der Waals surface area contributed by atoms with E-state index in [1.807, 2.05) is 18.2 Å². The first-order valence-electron chi connectivity index (χ1n) is 5.60. The number of hydrogen-bond donors (Lipinski definition) is 1. The van der Waals surface area contributed by atoms with E-state index < -0.39 is 0 Å². The number of hydrogen-bond acceptors (Lipinski definition) is 3. The molecule has 0 aromatic heterocycles. The Kier molecular flexibility index (Phi) is 4.56. The zero-order chi connectivity index (χ0) is 13.8. The topological polar surface area (TPSA) is 44.5 Å². The Labute approximate surface area is 125 Å². The maximum atomic E-state index is 5.90. The van der Waals surface area contributed by atoms with Crippen molar-refractivity contribution in [1.29, 1.82) is 0 Å². The molecule has 19 heavy (non-hydrogen) atoms. The molecule has 0 unspecified atom stereocenters. The number of halogens is 2. The molecule has 2 aromatic rings. The third-order valence-electron chi connectivity index (χ3n) is 2.59. The highest BCUT2D eigenvalue weighted by molar-refractivity contribution is 9.10. The van der Waals surface area contributed by atoms with Crippen LogP contribution >= 0.6 is 27.5 Å². The van der Waals surface area contributed by atoms with Crippen LogP contribution in [0.5, 0.6) is 11.5 Å². The van der Waals surface area contributed by atoms with Gasteiger partial charge in [-0.2, -0.15) is 0 Å². The minimum Gasteiger partial charge on any atom is -0.496 e. The van der Waals surface area contributed by atoms with Crippen LogP contribution in [0.3, 0.4) is 0 Å². The Morgan fingerprint density at radius 2 is 1.95 bits per heavy atom. The van der Waals surface area contributed by atoms with Crippen LogP contribution in [-0.4, -0.2) is 7.11 Å². The van der Waals surface area contributed by atoms with Gasteiger partial charge in [-0.15, -0.1) is 0 Å². The van der Waals surface area contributed by atoms with Gasteiger partial charge in [0.15, 0.2) is 0 Å². The van der Waals surface area contributed by atoms with E-state index in [1.165, 1.54) is 0 Å². The van der Waals surface area contributed by atoms with Gasteiger partial charge in [0.05, 0.1) is 17.3 Å². The molecule has 2 rings (SSSR count). The molecule has 2 N–H and O–H groups in total. The molecule has 0 bridgehead atoms. The molecule has 0 fully saturated rings. The van der Waals surface area contributed by atoms with Crippen molar-refractivity contribution in [3.05, 3.63) is 51.5 Å². The van der Waals surface area contributed by atoms with Crippen molar-refractivity contribution in [2.75, 3.05) is 12.8 Å². The van der Waals surface area contributed by atoms with Crippen LogP contribution < -0.4 is 15.2 Å². The zero-order valence-electron chi connectivity index (χ0n) is 10.3. The molecule has 0 saturated heterocycles. The van der Waals surface area contributed by atoms with Crippen molar-refractivity contribution in [2.45, 2.75) is 6.61 Å². The van der Waals surface area contributed by atoms with Gasteiger partial charge in [-0.05, 0) is 45.8 Å². The molecule has 0 aliphatic heterocycles. The van der Waals surface area contributed by atoms with Gasteiger partial charge in [0, 0.05) is 11.1 Å². The first-order valence-corrected chi connectivity index (χ1v) is 6.77. The summed E-state index contributed by atoms with van der Waals surface area (Å²) in [7, 11) is 1.63. The summed E-state index contributed by atoms with van der Waals surface area (Å²) in [4.78, 5) is 0. The predicted octanol–water partition coefficient (Wildman–Crippen LogP) is 4.27. The number of nitrogens with two attached hydrogens (primary N) is 1. The summed E-state index contributed by atoms with van der Waals surface area (Å²) in [6.07, 6.45) is 0. The maximum Gasteiger partial charge on any atom is 0.144 e. The minimum absolute atomic E-state index is 0.410. The number of anilines is 1. The van der Waals surface area contributed by atoms with E-state index in [4.69, 9.17) is 26.8 Å². The zero-order valence-corrected chi connectivity index (χ0v) is 12.7. The number of methoxy groups -OCH3 is 1. The van der Waals surface area contributed by atoms with E-state index in [9.17, 15) is 0 Å². The summed E-state index contributed by atoms with van der Waals surface area (Å²) in [6.45, 7) is 0.410. The van der Waals surface area contributed by atoms with Gasteiger partial charge < -0.3 is 15.2 Å². The van der Waals surface area contributed by atoms with Crippen LogP contribution in [-0.2, 0) is 6.61 Å². The number of ether oxygens (including phenoxy) is 2. The lowest BCUT2D eigenvalue weighted by molar-refractivity contribution is 0.307. The highest BCUT2D eigenvalue weighted by atomic mass is 79.9. The molecule has 2 aromatic carbocycles. The molecule has 3 nitrogen and oxygen atoms in total. The third kappa shape index (κ3) is 3.55. The summed E-state index contributed by atoms with van der Waals surface area (Å²) in [5.74, 6) is 1.37. The molecule has 0 amide bonds. The van der Waals surface area contributed by atoms with Gasteiger partial charge in [-0.1, -0.05) is 17.7 Å². The van der Waals surface area contributed by atoms with Crippen molar-refractivity contribution >= 4 is 33.2 Å². The number of nitrogen functional groups attached to an aromatic ring is 1.